The molecule has 0 N–H and O–H groups in total. The van der Waals surface area contributed by atoms with Gasteiger partial charge in [0.15, 0.2) is 0 Å². The molecular weight excluding hydrogens is 217 g/mol. The smallest absolute Gasteiger partial charge is 0.322 e. The van der Waals surface area contributed by atoms with Gasteiger partial charge in [0.25, 0.3) is 0 Å². The molecule has 1 saturated carbocycles. The highest BCUT2D eigenvalue weighted by Gasteiger charge is 2.38. The molecule has 16 heavy (non-hydrogen) atoms. The third-order valence-corrected chi connectivity index (χ3v) is 3.18. The topological polar surface area (TPSA) is 17.8 Å². The molecule has 1 aliphatic carbocycles. The Hall–Kier alpha value is -1.00. The van der Waals surface area contributed by atoms with Crippen molar-refractivity contribution in [3.8, 4) is 0 Å². The number of imidazole rings is 1. The third kappa shape index (κ3) is 2.08. The molecule has 0 bridgehead atoms. The molecule has 1 fully saturated rings. The van der Waals surface area contributed by atoms with Gasteiger partial charge in [-0.2, -0.15) is 13.2 Å². The van der Waals surface area contributed by atoms with Gasteiger partial charge in [0.2, 0.25) is 5.82 Å². The van der Waals surface area contributed by atoms with Crippen molar-refractivity contribution in [3.05, 3.63) is 17.7 Å². The number of aromatic nitrogens is 2. The summed E-state index contributed by atoms with van der Waals surface area (Å²) in [5.41, 5.74) is 0.610. The summed E-state index contributed by atoms with van der Waals surface area (Å²) in [4.78, 5) is 3.50. The zero-order valence-electron chi connectivity index (χ0n) is 9.22. The average Bonchev–Trinajstić information content (AvgIpc) is 2.61. The standard InChI is InChI=1S/C11H15F3N2/c1-8-7-15-10(11(12,13)14)16(8)9-5-3-2-4-6-9/h7,9H,2-6H2,1H3. The Bertz CT molecular complexity index is 362. The Balaban J connectivity index is 2.34. The number of hydrogen-bond acceptors (Lipinski definition) is 1. The van der Waals surface area contributed by atoms with Gasteiger partial charge >= 0.3 is 6.18 Å². The highest BCUT2D eigenvalue weighted by Crippen LogP contribution is 2.35. The zero-order chi connectivity index (χ0) is 11.8. The molecule has 0 spiro atoms. The van der Waals surface area contributed by atoms with Crippen LogP contribution >= 0.6 is 0 Å². The van der Waals surface area contributed by atoms with Gasteiger partial charge in [0.05, 0.1) is 0 Å². The summed E-state index contributed by atoms with van der Waals surface area (Å²) >= 11 is 0. The Morgan fingerprint density at radius 1 is 1.25 bits per heavy atom. The minimum Gasteiger partial charge on any atom is -0.322 e. The molecule has 2 nitrogen and oxygen atoms in total. The molecule has 90 valence electrons. The van der Waals surface area contributed by atoms with E-state index in [2.05, 4.69) is 4.98 Å². The minimum atomic E-state index is -4.34. The van der Waals surface area contributed by atoms with Crippen LogP contribution in [0, 0.1) is 6.92 Å². The van der Waals surface area contributed by atoms with Crippen molar-refractivity contribution < 1.29 is 13.2 Å². The largest absolute Gasteiger partial charge is 0.449 e. The van der Waals surface area contributed by atoms with Gasteiger partial charge < -0.3 is 4.57 Å². The monoisotopic (exact) mass is 232 g/mol. The van der Waals surface area contributed by atoms with Gasteiger partial charge in [0, 0.05) is 17.9 Å². The van der Waals surface area contributed by atoms with E-state index in [0.29, 0.717) is 5.69 Å². The fourth-order valence-electron chi connectivity index (χ4n) is 2.46. The van der Waals surface area contributed by atoms with E-state index in [9.17, 15) is 13.2 Å². The van der Waals surface area contributed by atoms with Crippen molar-refractivity contribution >= 4 is 0 Å². The molecule has 1 aromatic heterocycles. The zero-order valence-corrected chi connectivity index (χ0v) is 9.22. The molecule has 0 amide bonds. The van der Waals surface area contributed by atoms with Crippen LogP contribution in [0.25, 0.3) is 0 Å². The van der Waals surface area contributed by atoms with Crippen molar-refractivity contribution in [1.82, 2.24) is 9.55 Å². The Morgan fingerprint density at radius 3 is 2.44 bits per heavy atom. The summed E-state index contributed by atoms with van der Waals surface area (Å²) < 4.78 is 39.6. The maximum absolute atomic E-state index is 12.7. The summed E-state index contributed by atoms with van der Waals surface area (Å²) in [6.07, 6.45) is 1.80. The maximum Gasteiger partial charge on any atom is 0.449 e. The first-order valence-electron chi connectivity index (χ1n) is 5.61. The molecule has 0 aliphatic heterocycles. The fourth-order valence-corrected chi connectivity index (χ4v) is 2.46. The predicted octanol–water partition coefficient (Wildman–Crippen LogP) is 3.72. The van der Waals surface area contributed by atoms with Gasteiger partial charge in [-0.1, -0.05) is 19.3 Å². The van der Waals surface area contributed by atoms with Gasteiger partial charge in [-0.25, -0.2) is 4.98 Å². The van der Waals surface area contributed by atoms with E-state index in [0.717, 1.165) is 32.1 Å². The predicted molar refractivity (Wildman–Crippen MR) is 54.1 cm³/mol. The second-order valence-electron chi connectivity index (χ2n) is 4.38. The average molecular weight is 232 g/mol. The molecule has 1 aliphatic rings. The van der Waals surface area contributed by atoms with Gasteiger partial charge in [0.1, 0.15) is 0 Å². The van der Waals surface area contributed by atoms with E-state index >= 15 is 0 Å². The van der Waals surface area contributed by atoms with E-state index < -0.39 is 12.0 Å². The summed E-state index contributed by atoms with van der Waals surface area (Å²) in [6.45, 7) is 1.69. The van der Waals surface area contributed by atoms with Crippen LogP contribution in [0.3, 0.4) is 0 Å². The van der Waals surface area contributed by atoms with Crippen LogP contribution in [0.15, 0.2) is 6.20 Å². The SMILES string of the molecule is Cc1cnc(C(F)(F)F)n1C1CCCCC1. The van der Waals surface area contributed by atoms with Crippen molar-refractivity contribution in [2.75, 3.05) is 0 Å². The highest BCUT2D eigenvalue weighted by atomic mass is 19.4. The number of nitrogens with zero attached hydrogens (tertiary/aromatic N) is 2. The Kier molecular flexibility index (Phi) is 2.95. The molecule has 1 heterocycles. The quantitative estimate of drug-likeness (QED) is 0.721. The molecule has 2 rings (SSSR count). The second-order valence-corrected chi connectivity index (χ2v) is 4.38. The van der Waals surface area contributed by atoms with Crippen LogP contribution in [0.5, 0.6) is 0 Å². The van der Waals surface area contributed by atoms with E-state index in [-0.39, 0.29) is 6.04 Å². The Morgan fingerprint density at radius 2 is 1.88 bits per heavy atom. The molecular formula is C11H15F3N2. The number of hydrogen-bond donors (Lipinski definition) is 0. The first-order chi connectivity index (χ1) is 7.50. The van der Waals surface area contributed by atoms with Crippen molar-refractivity contribution in [2.45, 2.75) is 51.2 Å². The molecule has 1 aromatic rings. The van der Waals surface area contributed by atoms with E-state index in [1.54, 1.807) is 6.92 Å². The lowest BCUT2D eigenvalue weighted by molar-refractivity contribution is -0.148. The molecule has 5 heteroatoms. The molecule has 0 unspecified atom stereocenters. The van der Waals surface area contributed by atoms with Crippen LogP contribution in [-0.2, 0) is 6.18 Å². The van der Waals surface area contributed by atoms with Crippen LogP contribution in [0.2, 0.25) is 0 Å². The lowest BCUT2D eigenvalue weighted by Crippen LogP contribution is -2.21. The maximum atomic E-state index is 12.7. The Labute approximate surface area is 92.5 Å². The van der Waals surface area contributed by atoms with E-state index in [1.165, 1.54) is 10.8 Å². The van der Waals surface area contributed by atoms with Crippen molar-refractivity contribution in [3.63, 3.8) is 0 Å². The highest BCUT2D eigenvalue weighted by molar-refractivity contribution is 5.08. The number of rotatable bonds is 1. The molecule has 0 saturated heterocycles. The minimum absolute atomic E-state index is 0.0205. The van der Waals surface area contributed by atoms with Gasteiger partial charge in [-0.15, -0.1) is 0 Å². The molecule has 0 atom stereocenters. The lowest BCUT2D eigenvalue weighted by atomic mass is 9.95. The van der Waals surface area contributed by atoms with Crippen LogP contribution in [0.4, 0.5) is 13.2 Å². The van der Waals surface area contributed by atoms with Crippen LogP contribution in [0.1, 0.15) is 49.7 Å². The molecule has 0 aromatic carbocycles. The normalized spacial score (nSPS) is 19.0. The van der Waals surface area contributed by atoms with Gasteiger partial charge in [-0.3, -0.25) is 0 Å². The van der Waals surface area contributed by atoms with E-state index in [1.807, 2.05) is 0 Å². The number of aryl methyl sites for hydroxylation is 1. The summed E-state index contributed by atoms with van der Waals surface area (Å²) in [7, 11) is 0. The van der Waals surface area contributed by atoms with Crippen molar-refractivity contribution in [2.24, 2.45) is 0 Å². The summed E-state index contributed by atoms with van der Waals surface area (Å²) in [6, 6.07) is -0.0205. The van der Waals surface area contributed by atoms with Crippen molar-refractivity contribution in [1.29, 1.82) is 0 Å². The first-order valence-corrected chi connectivity index (χ1v) is 5.61. The third-order valence-electron chi connectivity index (χ3n) is 3.18. The summed E-state index contributed by atoms with van der Waals surface area (Å²) in [5, 5.41) is 0. The summed E-state index contributed by atoms with van der Waals surface area (Å²) in [5.74, 6) is -0.739. The van der Waals surface area contributed by atoms with Gasteiger partial charge in [-0.05, 0) is 19.8 Å². The van der Waals surface area contributed by atoms with Crippen LogP contribution < -0.4 is 0 Å². The number of halogens is 3. The number of alkyl halides is 3. The molecule has 0 radical (unpaired) electrons. The van der Waals surface area contributed by atoms with Crippen LogP contribution in [-0.4, -0.2) is 9.55 Å². The van der Waals surface area contributed by atoms with E-state index in [4.69, 9.17) is 0 Å². The first kappa shape index (κ1) is 11.5. The fraction of sp³-hybridized carbons (Fsp3) is 0.727. The lowest BCUT2D eigenvalue weighted by Gasteiger charge is -2.26. The second kappa shape index (κ2) is 4.11.